The first kappa shape index (κ1) is 10.3. The number of aromatic nitrogens is 2. The van der Waals surface area contributed by atoms with Crippen molar-refractivity contribution in [2.75, 3.05) is 0 Å². The van der Waals surface area contributed by atoms with Crippen LogP contribution in [0.2, 0.25) is 0 Å². The summed E-state index contributed by atoms with van der Waals surface area (Å²) in [4.78, 5) is 0. The van der Waals surface area contributed by atoms with Crippen molar-refractivity contribution in [3.63, 3.8) is 0 Å². The number of rotatable bonds is 3. The average molecular weight is 242 g/mol. The third-order valence-corrected chi connectivity index (χ3v) is 2.70. The van der Waals surface area contributed by atoms with Gasteiger partial charge in [0.25, 0.3) is 0 Å². The summed E-state index contributed by atoms with van der Waals surface area (Å²) in [7, 11) is 0. The molecule has 1 heterocycles. The standard InChI is InChI=1S/C9H12BrN3/c1-3-5-13-8(4-2)9(10)7(6-11)12-13/h3-5H2,1-2H3. The molecule has 0 spiro atoms. The van der Waals surface area contributed by atoms with Crippen molar-refractivity contribution in [2.24, 2.45) is 0 Å². The second kappa shape index (κ2) is 4.43. The number of halogens is 1. The molecule has 0 atom stereocenters. The van der Waals surface area contributed by atoms with Crippen LogP contribution in [0.25, 0.3) is 0 Å². The van der Waals surface area contributed by atoms with E-state index in [-0.39, 0.29) is 0 Å². The van der Waals surface area contributed by atoms with Crippen molar-refractivity contribution in [2.45, 2.75) is 33.2 Å². The minimum absolute atomic E-state index is 0.491. The fourth-order valence-electron chi connectivity index (χ4n) is 1.28. The Bertz CT molecular complexity index is 335. The first-order valence-corrected chi connectivity index (χ1v) is 5.19. The molecule has 0 aliphatic heterocycles. The van der Waals surface area contributed by atoms with Gasteiger partial charge in [-0.15, -0.1) is 0 Å². The molecule has 0 fully saturated rings. The smallest absolute Gasteiger partial charge is 0.176 e. The zero-order valence-corrected chi connectivity index (χ0v) is 9.43. The molecule has 0 unspecified atom stereocenters. The van der Waals surface area contributed by atoms with Crippen LogP contribution in [0.4, 0.5) is 0 Å². The Hall–Kier alpha value is -0.820. The molecule has 70 valence electrons. The average Bonchev–Trinajstić information content (AvgIpc) is 2.43. The normalized spacial score (nSPS) is 10.0. The van der Waals surface area contributed by atoms with Gasteiger partial charge in [0.15, 0.2) is 5.69 Å². The molecule has 0 saturated carbocycles. The van der Waals surface area contributed by atoms with Crippen molar-refractivity contribution in [3.05, 3.63) is 15.9 Å². The van der Waals surface area contributed by atoms with Crippen LogP contribution in [0.1, 0.15) is 31.7 Å². The van der Waals surface area contributed by atoms with Gasteiger partial charge < -0.3 is 0 Å². The maximum absolute atomic E-state index is 8.76. The van der Waals surface area contributed by atoms with Gasteiger partial charge in [-0.05, 0) is 28.8 Å². The Labute approximate surface area is 86.5 Å². The Balaban J connectivity index is 3.13. The summed E-state index contributed by atoms with van der Waals surface area (Å²) in [6, 6.07) is 2.07. The van der Waals surface area contributed by atoms with Gasteiger partial charge in [-0.3, -0.25) is 4.68 Å². The summed E-state index contributed by atoms with van der Waals surface area (Å²) in [6.07, 6.45) is 1.93. The fraction of sp³-hybridized carbons (Fsp3) is 0.556. The molecular formula is C9H12BrN3. The second-order valence-electron chi connectivity index (χ2n) is 2.80. The first-order chi connectivity index (χ1) is 6.24. The second-order valence-corrected chi connectivity index (χ2v) is 3.59. The zero-order chi connectivity index (χ0) is 9.84. The molecular weight excluding hydrogens is 230 g/mol. The van der Waals surface area contributed by atoms with Gasteiger partial charge in [-0.1, -0.05) is 13.8 Å². The maximum Gasteiger partial charge on any atom is 0.176 e. The lowest BCUT2D eigenvalue weighted by atomic mass is 10.3. The lowest BCUT2D eigenvalue weighted by molar-refractivity contribution is 0.575. The Morgan fingerprint density at radius 1 is 1.54 bits per heavy atom. The summed E-state index contributed by atoms with van der Waals surface area (Å²) in [6.45, 7) is 5.04. The lowest BCUT2D eigenvalue weighted by Gasteiger charge is -2.02. The van der Waals surface area contributed by atoms with Crippen LogP contribution in [0.5, 0.6) is 0 Å². The van der Waals surface area contributed by atoms with E-state index < -0.39 is 0 Å². The van der Waals surface area contributed by atoms with E-state index in [1.54, 1.807) is 0 Å². The molecule has 1 aromatic rings. The largest absolute Gasteiger partial charge is 0.267 e. The van der Waals surface area contributed by atoms with E-state index in [0.717, 1.165) is 29.6 Å². The molecule has 4 heteroatoms. The molecule has 13 heavy (non-hydrogen) atoms. The van der Waals surface area contributed by atoms with Crippen LogP contribution < -0.4 is 0 Å². The molecule has 0 bridgehead atoms. The highest BCUT2D eigenvalue weighted by atomic mass is 79.9. The maximum atomic E-state index is 8.76. The quantitative estimate of drug-likeness (QED) is 0.817. The van der Waals surface area contributed by atoms with Gasteiger partial charge in [-0.25, -0.2) is 0 Å². The summed E-state index contributed by atoms with van der Waals surface area (Å²) < 4.78 is 2.76. The summed E-state index contributed by atoms with van der Waals surface area (Å²) >= 11 is 3.39. The van der Waals surface area contributed by atoms with Crippen LogP contribution in [0.15, 0.2) is 4.47 Å². The number of hydrogen-bond donors (Lipinski definition) is 0. The van der Waals surface area contributed by atoms with Crippen LogP contribution >= 0.6 is 15.9 Å². The van der Waals surface area contributed by atoms with Crippen molar-refractivity contribution in [3.8, 4) is 6.07 Å². The summed E-state index contributed by atoms with van der Waals surface area (Å²) in [5.41, 5.74) is 1.60. The van der Waals surface area contributed by atoms with Gasteiger partial charge in [0, 0.05) is 6.54 Å². The molecule has 0 radical (unpaired) electrons. The Morgan fingerprint density at radius 3 is 2.69 bits per heavy atom. The molecule has 1 aromatic heterocycles. The van der Waals surface area contributed by atoms with E-state index in [4.69, 9.17) is 5.26 Å². The van der Waals surface area contributed by atoms with E-state index in [1.807, 2.05) is 4.68 Å². The van der Waals surface area contributed by atoms with Crippen molar-refractivity contribution >= 4 is 15.9 Å². The lowest BCUT2D eigenvalue weighted by Crippen LogP contribution is -2.03. The number of nitriles is 1. The highest BCUT2D eigenvalue weighted by molar-refractivity contribution is 9.10. The van der Waals surface area contributed by atoms with Crippen molar-refractivity contribution in [1.82, 2.24) is 9.78 Å². The number of nitrogens with zero attached hydrogens (tertiary/aromatic N) is 3. The summed E-state index contributed by atoms with van der Waals surface area (Å²) in [5.74, 6) is 0. The molecule has 0 amide bonds. The Morgan fingerprint density at radius 2 is 2.23 bits per heavy atom. The van der Waals surface area contributed by atoms with Gasteiger partial charge in [-0.2, -0.15) is 10.4 Å². The van der Waals surface area contributed by atoms with Crippen molar-refractivity contribution in [1.29, 1.82) is 5.26 Å². The first-order valence-electron chi connectivity index (χ1n) is 4.39. The number of hydrogen-bond acceptors (Lipinski definition) is 2. The fourth-order valence-corrected chi connectivity index (χ4v) is 1.93. The molecule has 0 aliphatic rings. The van der Waals surface area contributed by atoms with Crippen LogP contribution in [-0.2, 0) is 13.0 Å². The van der Waals surface area contributed by atoms with E-state index in [9.17, 15) is 0 Å². The minimum atomic E-state index is 0.491. The van der Waals surface area contributed by atoms with Crippen LogP contribution in [0, 0.1) is 11.3 Å². The van der Waals surface area contributed by atoms with Gasteiger partial charge >= 0.3 is 0 Å². The topological polar surface area (TPSA) is 41.6 Å². The number of aryl methyl sites for hydroxylation is 1. The highest BCUT2D eigenvalue weighted by Crippen LogP contribution is 2.21. The van der Waals surface area contributed by atoms with E-state index >= 15 is 0 Å². The van der Waals surface area contributed by atoms with Gasteiger partial charge in [0.2, 0.25) is 0 Å². The van der Waals surface area contributed by atoms with Gasteiger partial charge in [0.1, 0.15) is 6.07 Å². The molecule has 3 nitrogen and oxygen atoms in total. The zero-order valence-electron chi connectivity index (χ0n) is 7.84. The van der Waals surface area contributed by atoms with Crippen LogP contribution in [-0.4, -0.2) is 9.78 Å². The van der Waals surface area contributed by atoms with Crippen molar-refractivity contribution < 1.29 is 0 Å². The third-order valence-electron chi connectivity index (χ3n) is 1.87. The van der Waals surface area contributed by atoms with Gasteiger partial charge in [0.05, 0.1) is 10.2 Å². The highest BCUT2D eigenvalue weighted by Gasteiger charge is 2.12. The SMILES string of the molecule is CCCn1nc(C#N)c(Br)c1CC. The molecule has 0 saturated heterocycles. The predicted octanol–water partition coefficient (Wildman–Crippen LogP) is 2.49. The molecule has 0 aliphatic carbocycles. The van der Waals surface area contributed by atoms with Crippen LogP contribution in [0.3, 0.4) is 0 Å². The molecule has 0 N–H and O–H groups in total. The van der Waals surface area contributed by atoms with E-state index in [2.05, 4.69) is 40.9 Å². The molecule has 0 aromatic carbocycles. The minimum Gasteiger partial charge on any atom is -0.267 e. The summed E-state index contributed by atoms with van der Waals surface area (Å²) in [5, 5.41) is 13.0. The third kappa shape index (κ3) is 1.92. The monoisotopic (exact) mass is 241 g/mol. The predicted molar refractivity (Wildman–Crippen MR) is 54.3 cm³/mol. The molecule has 1 rings (SSSR count). The van der Waals surface area contributed by atoms with E-state index in [1.165, 1.54) is 0 Å². The Kier molecular flexibility index (Phi) is 3.49. The van der Waals surface area contributed by atoms with E-state index in [0.29, 0.717) is 5.69 Å².